The first kappa shape index (κ1) is 38.5. The zero-order valence-corrected chi connectivity index (χ0v) is 29.8. The minimum atomic E-state index is -3.92. The van der Waals surface area contributed by atoms with E-state index in [1.54, 1.807) is 6.07 Å². The molecule has 0 spiro atoms. The standard InChI is InChI=1S/C22H32NP.C12H9N.CH4O3S.Pd/c1-21(2,3)24(22(4,5)6)20-16-12-10-14-18(20)17-13-9-11-15-19(17)23(7)8;13-12-9-5-4-8-11(12)10-6-2-1-3-7-10;1-5(2,3)4;/h9-16H,1-8H3;1-6,8-9,13H;1H3,(H,2,3,4);/q;-2;;/p-1. The van der Waals surface area contributed by atoms with E-state index in [1.165, 1.54) is 22.1 Å². The summed E-state index contributed by atoms with van der Waals surface area (Å²) in [6.07, 6.45) is 0.604. The first-order valence-corrected chi connectivity index (χ1v) is 16.9. The quantitative estimate of drug-likeness (QED) is 0.0916. The molecule has 0 bridgehead atoms. The van der Waals surface area contributed by atoms with Gasteiger partial charge in [-0.15, -0.1) is 41.5 Å². The molecule has 0 heterocycles. The van der Waals surface area contributed by atoms with Crippen LogP contribution in [0, 0.1) is 6.07 Å². The number of nitrogens with zero attached hydrogens (tertiary/aromatic N) is 1. The van der Waals surface area contributed by atoms with Gasteiger partial charge in [0, 0.05) is 52.0 Å². The normalized spacial score (nSPS) is 11.3. The molecule has 0 aliphatic heterocycles. The van der Waals surface area contributed by atoms with Crippen LogP contribution in [0.1, 0.15) is 41.5 Å². The van der Waals surface area contributed by atoms with Crippen LogP contribution >= 0.6 is 7.92 Å². The zero-order valence-electron chi connectivity index (χ0n) is 26.6. The summed E-state index contributed by atoms with van der Waals surface area (Å²) >= 11 is 0. The molecule has 0 radical (unpaired) electrons. The number of nitrogens with one attached hydrogen (secondary N) is 1. The van der Waals surface area contributed by atoms with Crippen LogP contribution in [0.2, 0.25) is 0 Å². The molecule has 43 heavy (non-hydrogen) atoms. The summed E-state index contributed by atoms with van der Waals surface area (Å²) in [6.45, 7) is 14.3. The molecule has 4 aromatic rings. The van der Waals surface area contributed by atoms with Crippen LogP contribution in [0.25, 0.3) is 28.0 Å². The molecule has 4 aromatic carbocycles. The predicted octanol–water partition coefficient (Wildman–Crippen LogP) is 9.12. The molecule has 4 rings (SSSR count). The summed E-state index contributed by atoms with van der Waals surface area (Å²) in [5.74, 6) is 0. The molecule has 0 aromatic heterocycles. The Labute approximate surface area is 275 Å². The molecule has 8 heteroatoms. The zero-order chi connectivity index (χ0) is 31.7. The number of rotatable bonds is 4. The van der Waals surface area contributed by atoms with Crippen molar-refractivity contribution in [2.45, 2.75) is 51.9 Å². The van der Waals surface area contributed by atoms with Gasteiger partial charge in [0.05, 0.1) is 10.1 Å². The first-order valence-electron chi connectivity index (χ1n) is 13.8. The van der Waals surface area contributed by atoms with Gasteiger partial charge >= 0.3 is 0 Å². The van der Waals surface area contributed by atoms with E-state index in [-0.39, 0.29) is 38.7 Å². The van der Waals surface area contributed by atoms with E-state index in [2.05, 4.69) is 115 Å². The van der Waals surface area contributed by atoms with Gasteiger partial charge in [-0.2, -0.15) is 5.69 Å². The molecule has 0 aliphatic carbocycles. The molecular weight excluding hydrogens is 666 g/mol. The molecule has 0 saturated heterocycles. The van der Waals surface area contributed by atoms with Crippen LogP contribution in [0.3, 0.4) is 0 Å². The molecule has 0 atom stereocenters. The summed E-state index contributed by atoms with van der Waals surface area (Å²) in [4.78, 5) is 2.21. The van der Waals surface area contributed by atoms with Crippen molar-refractivity contribution >= 4 is 34.7 Å². The van der Waals surface area contributed by atoms with E-state index in [0.717, 1.165) is 11.1 Å². The second-order valence-electron chi connectivity index (χ2n) is 12.1. The van der Waals surface area contributed by atoms with Crippen LogP contribution in [0.4, 0.5) is 11.4 Å². The third-order valence-corrected chi connectivity index (χ3v) is 9.64. The van der Waals surface area contributed by atoms with Gasteiger partial charge in [-0.25, -0.2) is 8.42 Å². The Morgan fingerprint density at radius 3 is 1.63 bits per heavy atom. The van der Waals surface area contributed by atoms with Crippen LogP contribution in [0.5, 0.6) is 0 Å². The second-order valence-corrected chi connectivity index (χ2v) is 17.4. The number of hydrogen-bond donors (Lipinski definition) is 0. The van der Waals surface area contributed by atoms with Crippen molar-refractivity contribution in [2.75, 3.05) is 25.3 Å². The van der Waals surface area contributed by atoms with E-state index >= 15 is 0 Å². The van der Waals surface area contributed by atoms with Gasteiger partial charge < -0.3 is 15.2 Å². The van der Waals surface area contributed by atoms with E-state index in [1.807, 2.05) is 42.5 Å². The molecule has 236 valence electrons. The van der Waals surface area contributed by atoms with E-state index < -0.39 is 10.1 Å². The van der Waals surface area contributed by atoms with Crippen LogP contribution in [0.15, 0.2) is 97.1 Å². The predicted molar refractivity (Wildman–Crippen MR) is 183 cm³/mol. The van der Waals surface area contributed by atoms with Gasteiger partial charge in [0.25, 0.3) is 0 Å². The Hall–Kier alpha value is -2.52. The Bertz CT molecular complexity index is 1510. The first-order chi connectivity index (χ1) is 19.4. The number of benzene rings is 4. The van der Waals surface area contributed by atoms with Gasteiger partial charge in [-0.1, -0.05) is 116 Å². The molecular formula is C35H44N2O3PPdS-3. The number of hydrogen-bond acceptors (Lipinski definition) is 4. The topological polar surface area (TPSA) is 84.2 Å². The minimum absolute atomic E-state index is 0. The Kier molecular flexibility index (Phi) is 14.8. The van der Waals surface area contributed by atoms with Crippen LogP contribution in [-0.4, -0.2) is 43.6 Å². The van der Waals surface area contributed by atoms with Gasteiger partial charge in [0.1, 0.15) is 0 Å². The fourth-order valence-corrected chi connectivity index (χ4v) is 9.12. The maximum atomic E-state index is 9.08. The molecule has 1 N–H and O–H groups in total. The van der Waals surface area contributed by atoms with Crippen molar-refractivity contribution in [3.8, 4) is 22.3 Å². The average Bonchev–Trinajstić information content (AvgIpc) is 2.88. The van der Waals surface area contributed by atoms with Crippen molar-refractivity contribution in [3.63, 3.8) is 0 Å². The Morgan fingerprint density at radius 1 is 0.721 bits per heavy atom. The summed E-state index contributed by atoms with van der Waals surface area (Å²) in [6, 6.07) is 36.1. The van der Waals surface area contributed by atoms with Crippen molar-refractivity contribution in [2.24, 2.45) is 0 Å². The maximum Gasteiger partial charge on any atom is 0.0916 e. The third kappa shape index (κ3) is 12.5. The average molecular weight is 710 g/mol. The molecule has 0 saturated carbocycles. The Morgan fingerprint density at radius 2 is 1.16 bits per heavy atom. The number of para-hydroxylation sites is 1. The fourth-order valence-electron chi connectivity index (χ4n) is 5.00. The van der Waals surface area contributed by atoms with Gasteiger partial charge in [-0.05, 0) is 27.2 Å². The van der Waals surface area contributed by atoms with E-state index in [0.29, 0.717) is 11.9 Å². The van der Waals surface area contributed by atoms with Crippen LogP contribution in [-0.2, 0) is 30.5 Å². The van der Waals surface area contributed by atoms with Crippen LogP contribution < -0.4 is 10.2 Å². The third-order valence-electron chi connectivity index (χ3n) is 6.09. The summed E-state index contributed by atoms with van der Waals surface area (Å²) in [7, 11) is -0.00352. The second kappa shape index (κ2) is 16.5. The van der Waals surface area contributed by atoms with Crippen molar-refractivity contribution in [1.29, 1.82) is 0 Å². The van der Waals surface area contributed by atoms with Crippen molar-refractivity contribution in [3.05, 3.63) is 109 Å². The van der Waals surface area contributed by atoms with Gasteiger partial charge in [-0.3, -0.25) is 0 Å². The SMILES string of the molecule is CN(C)c1ccccc1-c1ccccc1P(C(C)(C)C)C(C)(C)C.CS(=O)(=O)[O-].[NH-]c1ccccc1-c1[c-]cccc1.[Pd]. The molecule has 0 unspecified atom stereocenters. The summed E-state index contributed by atoms with van der Waals surface area (Å²) < 4.78 is 27.2. The number of anilines is 1. The van der Waals surface area contributed by atoms with E-state index in [4.69, 9.17) is 18.7 Å². The fraction of sp³-hybridized carbons (Fsp3) is 0.314. The van der Waals surface area contributed by atoms with Gasteiger partial charge in [0.15, 0.2) is 0 Å². The largest absolute Gasteiger partial charge is 0.748 e. The van der Waals surface area contributed by atoms with Gasteiger partial charge in [0.2, 0.25) is 0 Å². The van der Waals surface area contributed by atoms with Crippen molar-refractivity contribution < 1.29 is 33.4 Å². The Balaban J connectivity index is 0.000000406. The molecule has 0 fully saturated rings. The maximum absolute atomic E-state index is 9.08. The van der Waals surface area contributed by atoms with E-state index in [9.17, 15) is 0 Å². The molecule has 0 aliphatic rings. The minimum Gasteiger partial charge on any atom is -0.748 e. The molecule has 5 nitrogen and oxygen atoms in total. The molecule has 0 amide bonds. The monoisotopic (exact) mass is 709 g/mol. The van der Waals surface area contributed by atoms with Crippen molar-refractivity contribution in [1.82, 2.24) is 0 Å². The summed E-state index contributed by atoms with van der Waals surface area (Å²) in [5, 5.41) is 2.04. The smallest absolute Gasteiger partial charge is 0.0916 e. The summed E-state index contributed by atoms with van der Waals surface area (Å²) in [5.41, 5.74) is 14.1.